The summed E-state index contributed by atoms with van der Waals surface area (Å²) in [6, 6.07) is 2.33. The lowest BCUT2D eigenvalue weighted by Gasteiger charge is -2.37. The molecule has 1 amide bonds. The lowest BCUT2D eigenvalue weighted by atomic mass is 10.1. The Kier molecular flexibility index (Phi) is 4.92. The van der Waals surface area contributed by atoms with Gasteiger partial charge in [-0.3, -0.25) is 9.69 Å². The molecule has 0 aliphatic carbocycles. The Bertz CT molecular complexity index is 531. The van der Waals surface area contributed by atoms with Crippen molar-refractivity contribution in [2.24, 2.45) is 0 Å². The van der Waals surface area contributed by atoms with E-state index >= 15 is 0 Å². The molecule has 0 aromatic carbocycles. The highest BCUT2D eigenvalue weighted by Gasteiger charge is 2.25. The number of hydrogen-bond donors (Lipinski definition) is 1. The van der Waals surface area contributed by atoms with E-state index in [1.807, 2.05) is 17.7 Å². The van der Waals surface area contributed by atoms with Gasteiger partial charge in [0.1, 0.15) is 5.82 Å². The lowest BCUT2D eigenvalue weighted by Crippen LogP contribution is -2.52. The Morgan fingerprint density at radius 2 is 2.09 bits per heavy atom. The van der Waals surface area contributed by atoms with Crippen molar-refractivity contribution in [2.45, 2.75) is 46.2 Å². The summed E-state index contributed by atoms with van der Waals surface area (Å²) >= 11 is 0. The van der Waals surface area contributed by atoms with Gasteiger partial charge in [-0.25, -0.2) is 4.68 Å². The van der Waals surface area contributed by atoms with Crippen LogP contribution in [0.2, 0.25) is 0 Å². The minimum Gasteiger partial charge on any atom is -0.310 e. The van der Waals surface area contributed by atoms with Gasteiger partial charge < -0.3 is 10.2 Å². The molecule has 2 rings (SSSR count). The number of carbonyl (C=O) groups excluding carboxylic acids is 1. The van der Waals surface area contributed by atoms with E-state index in [0.717, 1.165) is 31.1 Å². The third-order valence-corrected chi connectivity index (χ3v) is 4.05. The molecular weight excluding hydrogens is 278 g/mol. The number of piperazine rings is 1. The maximum Gasteiger partial charge on any atom is 0.239 e. The summed E-state index contributed by atoms with van der Waals surface area (Å²) < 4.78 is 1.88. The van der Waals surface area contributed by atoms with Crippen molar-refractivity contribution in [3.8, 4) is 0 Å². The normalized spacial score (nSPS) is 21.1. The number of aromatic nitrogens is 2. The van der Waals surface area contributed by atoms with Gasteiger partial charge >= 0.3 is 0 Å². The predicted octanol–water partition coefficient (Wildman–Crippen LogP) is 1.52. The van der Waals surface area contributed by atoms with E-state index in [1.165, 1.54) is 0 Å². The largest absolute Gasteiger partial charge is 0.310 e. The zero-order valence-electron chi connectivity index (χ0n) is 14.7. The average molecular weight is 307 g/mol. The zero-order chi connectivity index (χ0) is 16.5. The van der Waals surface area contributed by atoms with Gasteiger partial charge in [0.2, 0.25) is 5.91 Å². The smallest absolute Gasteiger partial charge is 0.239 e. The average Bonchev–Trinajstić information content (AvgIpc) is 2.73. The summed E-state index contributed by atoms with van der Waals surface area (Å²) in [4.78, 5) is 16.9. The number of anilines is 1. The van der Waals surface area contributed by atoms with E-state index in [1.54, 1.807) is 0 Å². The van der Waals surface area contributed by atoms with Crippen molar-refractivity contribution in [1.29, 1.82) is 0 Å². The molecule has 1 fully saturated rings. The molecule has 6 heteroatoms. The third kappa shape index (κ3) is 4.08. The van der Waals surface area contributed by atoms with Crippen molar-refractivity contribution in [3.63, 3.8) is 0 Å². The van der Waals surface area contributed by atoms with Gasteiger partial charge in [-0.1, -0.05) is 0 Å². The quantitative estimate of drug-likeness (QED) is 0.920. The zero-order valence-corrected chi connectivity index (χ0v) is 14.7. The monoisotopic (exact) mass is 307 g/mol. The number of amides is 1. The maximum atomic E-state index is 12.4. The molecule has 2 heterocycles. The minimum absolute atomic E-state index is 0.0294. The second kappa shape index (κ2) is 6.38. The van der Waals surface area contributed by atoms with E-state index in [4.69, 9.17) is 0 Å². The van der Waals surface area contributed by atoms with Crippen LogP contribution in [0.15, 0.2) is 6.07 Å². The van der Waals surface area contributed by atoms with Gasteiger partial charge in [0, 0.05) is 31.7 Å². The third-order valence-electron chi connectivity index (χ3n) is 4.05. The van der Waals surface area contributed by atoms with Crippen LogP contribution in [-0.2, 0) is 10.3 Å². The fourth-order valence-corrected chi connectivity index (χ4v) is 2.88. The summed E-state index contributed by atoms with van der Waals surface area (Å²) in [5.41, 5.74) is 0.760. The lowest BCUT2D eigenvalue weighted by molar-refractivity contribution is -0.118. The van der Waals surface area contributed by atoms with Crippen LogP contribution < -0.4 is 5.32 Å². The van der Waals surface area contributed by atoms with Crippen molar-refractivity contribution in [1.82, 2.24) is 19.6 Å². The minimum atomic E-state index is -0.155. The van der Waals surface area contributed by atoms with Crippen LogP contribution in [0.4, 0.5) is 5.82 Å². The second-order valence-corrected chi connectivity index (χ2v) is 7.38. The van der Waals surface area contributed by atoms with E-state index < -0.39 is 0 Å². The Hall–Kier alpha value is -1.40. The van der Waals surface area contributed by atoms with Crippen LogP contribution in [0.1, 0.15) is 33.4 Å². The molecule has 0 bridgehead atoms. The summed E-state index contributed by atoms with van der Waals surface area (Å²) in [5, 5.41) is 7.51. The molecule has 0 radical (unpaired) electrons. The fourth-order valence-electron chi connectivity index (χ4n) is 2.88. The molecular formula is C16H29N5O. The van der Waals surface area contributed by atoms with E-state index in [2.05, 4.69) is 55.0 Å². The topological polar surface area (TPSA) is 53.4 Å². The van der Waals surface area contributed by atoms with Gasteiger partial charge in [-0.2, -0.15) is 5.10 Å². The van der Waals surface area contributed by atoms with Crippen molar-refractivity contribution in [2.75, 3.05) is 38.5 Å². The Balaban J connectivity index is 2.01. The summed E-state index contributed by atoms with van der Waals surface area (Å²) in [6.07, 6.45) is 0. The molecule has 1 atom stereocenters. The molecule has 1 aliphatic heterocycles. The van der Waals surface area contributed by atoms with Crippen LogP contribution in [0.5, 0.6) is 0 Å². The van der Waals surface area contributed by atoms with Crippen molar-refractivity contribution < 1.29 is 4.79 Å². The van der Waals surface area contributed by atoms with Crippen LogP contribution >= 0.6 is 0 Å². The highest BCUT2D eigenvalue weighted by Crippen LogP contribution is 2.21. The molecule has 0 unspecified atom stereocenters. The number of nitrogens with one attached hydrogen (secondary N) is 1. The van der Waals surface area contributed by atoms with Gasteiger partial charge in [0.25, 0.3) is 0 Å². The highest BCUT2D eigenvalue weighted by atomic mass is 16.2. The van der Waals surface area contributed by atoms with Crippen LogP contribution in [0.25, 0.3) is 0 Å². The highest BCUT2D eigenvalue weighted by molar-refractivity contribution is 5.91. The number of likely N-dealkylation sites (N-methyl/N-ethyl adjacent to an activating group) is 1. The number of nitrogens with zero attached hydrogens (tertiary/aromatic N) is 4. The van der Waals surface area contributed by atoms with Gasteiger partial charge in [-0.15, -0.1) is 0 Å². The first-order valence-corrected chi connectivity index (χ1v) is 7.96. The molecule has 0 spiro atoms. The molecule has 1 aromatic heterocycles. The molecule has 22 heavy (non-hydrogen) atoms. The van der Waals surface area contributed by atoms with E-state index in [0.29, 0.717) is 12.6 Å². The first kappa shape index (κ1) is 17.0. The molecule has 1 N–H and O–H groups in total. The summed E-state index contributed by atoms with van der Waals surface area (Å²) in [6.45, 7) is 13.7. The SMILES string of the molecule is Cc1cc(NC(=O)CN2CCN(C)C[C@@H]2C)n(C(C)(C)C)n1. The summed E-state index contributed by atoms with van der Waals surface area (Å²) in [5.74, 6) is 0.804. The number of carbonyl (C=O) groups is 1. The predicted molar refractivity (Wildman–Crippen MR) is 89.1 cm³/mol. The number of hydrogen-bond acceptors (Lipinski definition) is 4. The molecule has 1 aromatic rings. The molecule has 6 nitrogen and oxygen atoms in total. The van der Waals surface area contributed by atoms with Crippen LogP contribution in [-0.4, -0.2) is 64.8 Å². The molecule has 0 saturated carbocycles. The number of aryl methyl sites for hydroxylation is 1. The Labute approximate surface area is 133 Å². The van der Waals surface area contributed by atoms with Crippen LogP contribution in [0, 0.1) is 6.92 Å². The van der Waals surface area contributed by atoms with E-state index in [-0.39, 0.29) is 11.4 Å². The molecule has 1 aliphatic rings. The molecule has 1 saturated heterocycles. The Morgan fingerprint density at radius 1 is 1.41 bits per heavy atom. The standard InChI is InChI=1S/C16H29N5O/c1-12-9-14(21(18-12)16(3,4)5)17-15(22)11-20-8-7-19(6)10-13(20)2/h9,13H,7-8,10-11H2,1-6H3,(H,17,22)/t13-/m0/s1. The van der Waals surface area contributed by atoms with Crippen LogP contribution in [0.3, 0.4) is 0 Å². The fraction of sp³-hybridized carbons (Fsp3) is 0.750. The second-order valence-electron chi connectivity index (χ2n) is 7.38. The first-order chi connectivity index (χ1) is 10.2. The first-order valence-electron chi connectivity index (χ1n) is 7.96. The number of rotatable bonds is 3. The van der Waals surface area contributed by atoms with Gasteiger partial charge in [-0.05, 0) is 41.7 Å². The van der Waals surface area contributed by atoms with Crippen molar-refractivity contribution in [3.05, 3.63) is 11.8 Å². The van der Waals surface area contributed by atoms with Crippen molar-refractivity contribution >= 4 is 11.7 Å². The van der Waals surface area contributed by atoms with E-state index in [9.17, 15) is 4.79 Å². The van der Waals surface area contributed by atoms with Gasteiger partial charge in [0.15, 0.2) is 0 Å². The Morgan fingerprint density at radius 3 is 2.68 bits per heavy atom. The summed E-state index contributed by atoms with van der Waals surface area (Å²) in [7, 11) is 2.12. The molecule has 124 valence electrons. The van der Waals surface area contributed by atoms with Gasteiger partial charge in [0.05, 0.1) is 17.8 Å². The maximum absolute atomic E-state index is 12.4.